The second-order valence-electron chi connectivity index (χ2n) is 23.1. The molecule has 0 aromatic rings. The van der Waals surface area contributed by atoms with E-state index in [1.165, 1.54) is 231 Å². The molecule has 0 aliphatic carbocycles. The number of allylic oxidation sites excluding steroid dienone is 10. The zero-order chi connectivity index (χ0) is 56.4. The van der Waals surface area contributed by atoms with Crippen LogP contribution in [0.2, 0.25) is 0 Å². The van der Waals surface area contributed by atoms with Crippen molar-refractivity contribution in [3.63, 3.8) is 0 Å². The highest BCUT2D eigenvalue weighted by Crippen LogP contribution is 2.18. The SMILES string of the molecule is CC/C=C\C/C=C\C/C=C\C/C=C\CCCCCCCCCCCCCCCCCCCCC(=O)OCC(COC(=O)CCCCCCC/C=C\CCCCCCC)OC(=O)CCCCCCCCCCCCCCCCC. The minimum absolute atomic E-state index is 0.0708. The quantitative estimate of drug-likeness (QED) is 0.0261. The molecule has 0 amide bonds. The monoisotopic (exact) mass is 1090 g/mol. The maximum atomic E-state index is 12.9. The Morgan fingerprint density at radius 2 is 0.500 bits per heavy atom. The van der Waals surface area contributed by atoms with Crippen molar-refractivity contribution in [2.45, 2.75) is 367 Å². The molecule has 0 saturated heterocycles. The van der Waals surface area contributed by atoms with Crippen LogP contribution in [0, 0.1) is 0 Å². The van der Waals surface area contributed by atoms with E-state index in [2.05, 4.69) is 81.5 Å². The fraction of sp³-hybridized carbons (Fsp3) is 0.819. The van der Waals surface area contributed by atoms with Crippen molar-refractivity contribution in [2.75, 3.05) is 13.2 Å². The molecule has 454 valence electrons. The highest BCUT2D eigenvalue weighted by atomic mass is 16.6. The number of carbonyl (C=O) groups is 3. The van der Waals surface area contributed by atoms with Crippen molar-refractivity contribution >= 4 is 17.9 Å². The van der Waals surface area contributed by atoms with E-state index in [1.54, 1.807) is 0 Å². The normalized spacial score (nSPS) is 12.4. The number of esters is 3. The Labute approximate surface area is 485 Å². The summed E-state index contributed by atoms with van der Waals surface area (Å²) >= 11 is 0. The van der Waals surface area contributed by atoms with E-state index in [4.69, 9.17) is 14.2 Å². The molecular weight excluding hydrogens is 961 g/mol. The molecule has 0 aliphatic rings. The predicted octanol–water partition coefficient (Wildman–Crippen LogP) is 23.5. The second-order valence-corrected chi connectivity index (χ2v) is 23.1. The van der Waals surface area contributed by atoms with E-state index in [1.807, 2.05) is 0 Å². The van der Waals surface area contributed by atoms with Gasteiger partial charge >= 0.3 is 17.9 Å². The molecule has 0 aromatic heterocycles. The van der Waals surface area contributed by atoms with Crippen molar-refractivity contribution in [3.8, 4) is 0 Å². The third-order valence-corrected chi connectivity index (χ3v) is 15.3. The molecule has 1 unspecified atom stereocenters. The molecule has 6 heteroatoms. The number of unbranched alkanes of at least 4 members (excludes halogenated alkanes) is 42. The summed E-state index contributed by atoms with van der Waals surface area (Å²) in [5.74, 6) is -0.855. The lowest BCUT2D eigenvalue weighted by molar-refractivity contribution is -0.167. The smallest absolute Gasteiger partial charge is 0.306 e. The average Bonchev–Trinajstić information content (AvgIpc) is 3.44. The summed E-state index contributed by atoms with van der Waals surface area (Å²) in [6.45, 7) is 6.57. The zero-order valence-electron chi connectivity index (χ0n) is 52.2. The van der Waals surface area contributed by atoms with Gasteiger partial charge in [0.1, 0.15) is 13.2 Å². The Morgan fingerprint density at radius 3 is 0.795 bits per heavy atom. The van der Waals surface area contributed by atoms with Gasteiger partial charge in [0.2, 0.25) is 0 Å². The van der Waals surface area contributed by atoms with Gasteiger partial charge in [0, 0.05) is 19.3 Å². The molecule has 0 radical (unpaired) electrons. The summed E-state index contributed by atoms with van der Waals surface area (Å²) < 4.78 is 17.0. The third-order valence-electron chi connectivity index (χ3n) is 15.3. The van der Waals surface area contributed by atoms with Gasteiger partial charge in [-0.2, -0.15) is 0 Å². The molecule has 0 heterocycles. The number of ether oxygens (including phenoxy) is 3. The molecule has 0 aliphatic heterocycles. The van der Waals surface area contributed by atoms with E-state index in [-0.39, 0.29) is 31.1 Å². The van der Waals surface area contributed by atoms with Gasteiger partial charge in [0.05, 0.1) is 0 Å². The maximum Gasteiger partial charge on any atom is 0.306 e. The van der Waals surface area contributed by atoms with Crippen LogP contribution in [-0.2, 0) is 28.6 Å². The molecule has 0 fully saturated rings. The Morgan fingerprint density at radius 1 is 0.269 bits per heavy atom. The van der Waals surface area contributed by atoms with Crippen LogP contribution in [0.15, 0.2) is 60.8 Å². The molecule has 1 atom stereocenters. The Hall–Kier alpha value is -2.89. The molecule has 78 heavy (non-hydrogen) atoms. The number of hydrogen-bond acceptors (Lipinski definition) is 6. The number of rotatable bonds is 63. The van der Waals surface area contributed by atoms with Gasteiger partial charge in [0.15, 0.2) is 6.10 Å². The van der Waals surface area contributed by atoms with E-state index < -0.39 is 6.10 Å². The predicted molar refractivity (Wildman–Crippen MR) is 339 cm³/mol. The van der Waals surface area contributed by atoms with Gasteiger partial charge in [-0.05, 0) is 83.5 Å². The molecule has 0 bridgehead atoms. The highest BCUT2D eigenvalue weighted by molar-refractivity contribution is 5.71. The lowest BCUT2D eigenvalue weighted by Gasteiger charge is -2.18. The first-order valence-corrected chi connectivity index (χ1v) is 34.3. The van der Waals surface area contributed by atoms with Crippen molar-refractivity contribution in [2.24, 2.45) is 0 Å². The molecular formula is C72H130O6. The first kappa shape index (κ1) is 75.1. The Kier molecular flexibility index (Phi) is 64.2. The summed E-state index contributed by atoms with van der Waals surface area (Å²) in [6, 6.07) is 0. The first-order valence-electron chi connectivity index (χ1n) is 34.3. The Bertz CT molecular complexity index is 1390. The van der Waals surface area contributed by atoms with E-state index in [0.717, 1.165) is 89.9 Å². The van der Waals surface area contributed by atoms with Crippen molar-refractivity contribution in [1.29, 1.82) is 0 Å². The zero-order valence-corrected chi connectivity index (χ0v) is 52.2. The summed E-state index contributed by atoms with van der Waals surface area (Å²) in [5, 5.41) is 0. The summed E-state index contributed by atoms with van der Waals surface area (Å²) in [5.41, 5.74) is 0. The van der Waals surface area contributed by atoms with Crippen LogP contribution in [-0.4, -0.2) is 37.2 Å². The van der Waals surface area contributed by atoms with E-state index in [0.29, 0.717) is 19.3 Å². The maximum absolute atomic E-state index is 12.9. The summed E-state index contributed by atoms with van der Waals surface area (Å²) in [7, 11) is 0. The lowest BCUT2D eigenvalue weighted by Crippen LogP contribution is -2.30. The average molecular weight is 1090 g/mol. The number of carbonyl (C=O) groups excluding carboxylic acids is 3. The van der Waals surface area contributed by atoms with Crippen molar-refractivity contribution in [3.05, 3.63) is 60.8 Å². The molecule has 6 nitrogen and oxygen atoms in total. The second kappa shape index (κ2) is 66.6. The molecule has 0 aromatic carbocycles. The van der Waals surface area contributed by atoms with E-state index in [9.17, 15) is 14.4 Å². The van der Waals surface area contributed by atoms with Gasteiger partial charge in [-0.1, -0.05) is 319 Å². The van der Waals surface area contributed by atoms with Gasteiger partial charge in [0.25, 0.3) is 0 Å². The van der Waals surface area contributed by atoms with Crippen LogP contribution in [0.1, 0.15) is 361 Å². The van der Waals surface area contributed by atoms with Gasteiger partial charge in [-0.3, -0.25) is 14.4 Å². The van der Waals surface area contributed by atoms with Crippen molar-refractivity contribution in [1.82, 2.24) is 0 Å². The van der Waals surface area contributed by atoms with Crippen molar-refractivity contribution < 1.29 is 28.6 Å². The molecule has 0 spiro atoms. The van der Waals surface area contributed by atoms with Crippen LogP contribution >= 0.6 is 0 Å². The van der Waals surface area contributed by atoms with Crippen LogP contribution in [0.5, 0.6) is 0 Å². The van der Waals surface area contributed by atoms with Gasteiger partial charge in [-0.15, -0.1) is 0 Å². The topological polar surface area (TPSA) is 78.9 Å². The minimum Gasteiger partial charge on any atom is -0.462 e. The first-order chi connectivity index (χ1) is 38.5. The largest absolute Gasteiger partial charge is 0.462 e. The third kappa shape index (κ3) is 63.9. The van der Waals surface area contributed by atoms with Gasteiger partial charge in [-0.25, -0.2) is 0 Å². The lowest BCUT2D eigenvalue weighted by atomic mass is 10.0. The highest BCUT2D eigenvalue weighted by Gasteiger charge is 2.19. The summed E-state index contributed by atoms with van der Waals surface area (Å²) in [4.78, 5) is 38.3. The molecule has 0 N–H and O–H groups in total. The van der Waals surface area contributed by atoms with Crippen LogP contribution in [0.3, 0.4) is 0 Å². The minimum atomic E-state index is -0.774. The molecule has 0 saturated carbocycles. The van der Waals surface area contributed by atoms with Gasteiger partial charge < -0.3 is 14.2 Å². The van der Waals surface area contributed by atoms with Crippen LogP contribution in [0.25, 0.3) is 0 Å². The van der Waals surface area contributed by atoms with E-state index >= 15 is 0 Å². The fourth-order valence-electron chi connectivity index (χ4n) is 10.1. The summed E-state index contributed by atoms with van der Waals surface area (Å²) in [6.07, 6.45) is 85.3. The number of hydrogen-bond donors (Lipinski definition) is 0. The van der Waals surface area contributed by atoms with Crippen LogP contribution in [0.4, 0.5) is 0 Å². The Balaban J connectivity index is 4.16. The molecule has 0 rings (SSSR count). The van der Waals surface area contributed by atoms with Crippen LogP contribution < -0.4 is 0 Å². The fourth-order valence-corrected chi connectivity index (χ4v) is 10.1. The standard InChI is InChI=1S/C72H130O6/c1-4-7-10-13-16-19-22-25-28-29-30-31-32-33-34-35-36-37-38-39-40-41-42-43-45-47-50-53-56-59-62-65-71(74)77-68-69(67-76-70(73)64-61-58-55-52-49-46-27-24-21-18-15-12-9-6-3)78-72(75)66-63-60-57-54-51-48-44-26-23-20-17-14-11-8-5-2/h7,10,16,19,24-25,27-28,30-31,69H,4-6,8-9,11-15,17-18,20-23,26,29,32-68H2,1-3H3/b10-7-,19-16-,27-24-,28-25-,31-30-.